The molecule has 1 saturated heterocycles. The molecule has 1 saturated carbocycles. The summed E-state index contributed by atoms with van der Waals surface area (Å²) in [5.41, 5.74) is 0.972. The van der Waals surface area contributed by atoms with Crippen LogP contribution in [0.2, 0.25) is 0 Å². The number of carboxylic acid groups (broad SMARTS) is 1. The van der Waals surface area contributed by atoms with Crippen LogP contribution in [-0.2, 0) is 11.3 Å². The Morgan fingerprint density at radius 1 is 1.37 bits per heavy atom. The summed E-state index contributed by atoms with van der Waals surface area (Å²) in [4.78, 5) is 18.0. The third-order valence-electron chi connectivity index (χ3n) is 4.58. The monoisotopic (exact) mass is 260 g/mol. The minimum atomic E-state index is -0.676. The molecule has 0 spiro atoms. The predicted octanol–water partition coefficient (Wildman–Crippen LogP) is 2.30. The summed E-state index contributed by atoms with van der Waals surface area (Å²) in [6, 6.07) is 5.96. The largest absolute Gasteiger partial charge is 0.480 e. The molecule has 0 aromatic carbocycles. The molecule has 3 atom stereocenters. The molecule has 0 radical (unpaired) electrons. The summed E-state index contributed by atoms with van der Waals surface area (Å²) in [6.07, 6.45) is 7.40. The van der Waals surface area contributed by atoms with Gasteiger partial charge in [0.2, 0.25) is 0 Å². The highest BCUT2D eigenvalue weighted by Gasteiger charge is 2.45. The molecule has 3 rings (SSSR count). The van der Waals surface area contributed by atoms with E-state index in [2.05, 4.69) is 9.88 Å². The Kier molecular flexibility index (Phi) is 3.51. The van der Waals surface area contributed by atoms with Gasteiger partial charge in [-0.25, -0.2) is 0 Å². The minimum absolute atomic E-state index is 0.324. The van der Waals surface area contributed by atoms with Gasteiger partial charge in [-0.15, -0.1) is 0 Å². The van der Waals surface area contributed by atoms with Crippen LogP contribution in [0.4, 0.5) is 0 Å². The Morgan fingerprint density at radius 3 is 2.95 bits per heavy atom. The van der Waals surface area contributed by atoms with Crippen LogP contribution in [0.1, 0.15) is 37.8 Å². The number of hydrogen-bond acceptors (Lipinski definition) is 3. The van der Waals surface area contributed by atoms with E-state index in [1.165, 1.54) is 19.3 Å². The lowest BCUT2D eigenvalue weighted by Gasteiger charge is -2.32. The lowest BCUT2D eigenvalue weighted by Crippen LogP contribution is -2.41. The number of aromatic nitrogens is 1. The first-order valence-corrected chi connectivity index (χ1v) is 7.14. The first-order valence-electron chi connectivity index (χ1n) is 7.14. The molecule has 2 aliphatic rings. The first kappa shape index (κ1) is 12.6. The highest BCUT2D eigenvalue weighted by Crippen LogP contribution is 2.40. The average Bonchev–Trinajstić information content (AvgIpc) is 2.79. The summed E-state index contributed by atoms with van der Waals surface area (Å²) in [5.74, 6) is -0.108. The van der Waals surface area contributed by atoms with Crippen LogP contribution in [-0.4, -0.2) is 33.0 Å². The topological polar surface area (TPSA) is 53.4 Å². The molecule has 4 heteroatoms. The van der Waals surface area contributed by atoms with Crippen LogP contribution in [0.25, 0.3) is 0 Å². The third kappa shape index (κ3) is 2.50. The molecule has 102 valence electrons. The van der Waals surface area contributed by atoms with E-state index >= 15 is 0 Å². The average molecular weight is 260 g/mol. The molecule has 2 fully saturated rings. The molecule has 1 N–H and O–H groups in total. The zero-order valence-corrected chi connectivity index (χ0v) is 11.0. The Labute approximate surface area is 113 Å². The van der Waals surface area contributed by atoms with E-state index < -0.39 is 5.97 Å². The highest BCUT2D eigenvalue weighted by molar-refractivity contribution is 5.74. The van der Waals surface area contributed by atoms with E-state index in [0.717, 1.165) is 18.5 Å². The molecule has 0 unspecified atom stereocenters. The minimum Gasteiger partial charge on any atom is -0.480 e. The van der Waals surface area contributed by atoms with Crippen molar-refractivity contribution in [1.29, 1.82) is 0 Å². The van der Waals surface area contributed by atoms with Gasteiger partial charge in [-0.2, -0.15) is 0 Å². The van der Waals surface area contributed by atoms with Crippen molar-refractivity contribution in [3.05, 3.63) is 30.1 Å². The van der Waals surface area contributed by atoms with Gasteiger partial charge in [-0.05, 0) is 37.3 Å². The van der Waals surface area contributed by atoms with Gasteiger partial charge in [0, 0.05) is 18.8 Å². The van der Waals surface area contributed by atoms with E-state index in [1.54, 1.807) is 6.20 Å². The van der Waals surface area contributed by atoms with E-state index in [9.17, 15) is 9.90 Å². The van der Waals surface area contributed by atoms with Crippen molar-refractivity contribution in [1.82, 2.24) is 9.88 Å². The summed E-state index contributed by atoms with van der Waals surface area (Å²) < 4.78 is 0. The summed E-state index contributed by atoms with van der Waals surface area (Å²) in [6.45, 7) is 0.666. The SMILES string of the molecule is O=C(O)[C@@H]1C[C@H]2CCCC[C@H]2N1Cc1ccccn1. The molecule has 2 heterocycles. The third-order valence-corrected chi connectivity index (χ3v) is 4.58. The summed E-state index contributed by atoms with van der Waals surface area (Å²) >= 11 is 0. The van der Waals surface area contributed by atoms with Gasteiger partial charge >= 0.3 is 5.97 Å². The number of hydrogen-bond donors (Lipinski definition) is 1. The van der Waals surface area contributed by atoms with Crippen LogP contribution in [0.15, 0.2) is 24.4 Å². The number of fused-ring (bicyclic) bond motifs is 1. The van der Waals surface area contributed by atoms with Gasteiger partial charge in [0.25, 0.3) is 0 Å². The van der Waals surface area contributed by atoms with Crippen molar-refractivity contribution in [3.63, 3.8) is 0 Å². The Morgan fingerprint density at radius 2 is 2.21 bits per heavy atom. The molecular formula is C15H20N2O2. The Bertz CT molecular complexity index is 449. The summed E-state index contributed by atoms with van der Waals surface area (Å²) in [5, 5.41) is 9.45. The van der Waals surface area contributed by atoms with Gasteiger partial charge in [-0.3, -0.25) is 14.7 Å². The molecule has 1 aromatic heterocycles. The number of pyridine rings is 1. The Hall–Kier alpha value is -1.42. The maximum atomic E-state index is 11.5. The van der Waals surface area contributed by atoms with Gasteiger partial charge < -0.3 is 5.11 Å². The predicted molar refractivity (Wildman–Crippen MR) is 71.6 cm³/mol. The molecule has 4 nitrogen and oxygen atoms in total. The second kappa shape index (κ2) is 5.29. The quantitative estimate of drug-likeness (QED) is 0.906. The van der Waals surface area contributed by atoms with Crippen LogP contribution < -0.4 is 0 Å². The van der Waals surface area contributed by atoms with E-state index in [-0.39, 0.29) is 6.04 Å². The lowest BCUT2D eigenvalue weighted by molar-refractivity contribution is -0.142. The molecule has 1 aliphatic carbocycles. The second-order valence-corrected chi connectivity index (χ2v) is 5.70. The molecule has 19 heavy (non-hydrogen) atoms. The fourth-order valence-corrected chi connectivity index (χ4v) is 3.70. The van der Waals surface area contributed by atoms with E-state index in [4.69, 9.17) is 0 Å². The molecular weight excluding hydrogens is 240 g/mol. The van der Waals surface area contributed by atoms with Crippen molar-refractivity contribution in [2.24, 2.45) is 5.92 Å². The van der Waals surface area contributed by atoms with Crippen LogP contribution >= 0.6 is 0 Å². The zero-order chi connectivity index (χ0) is 13.2. The fourth-order valence-electron chi connectivity index (χ4n) is 3.70. The standard InChI is InChI=1S/C15H20N2O2/c18-15(19)14-9-11-5-1-2-7-13(11)17(14)10-12-6-3-4-8-16-12/h3-4,6,8,11,13-14H,1-2,5,7,9-10H2,(H,18,19)/t11-,13-,14+/m1/s1. The smallest absolute Gasteiger partial charge is 0.320 e. The molecule has 0 bridgehead atoms. The van der Waals surface area contributed by atoms with E-state index in [0.29, 0.717) is 18.5 Å². The van der Waals surface area contributed by atoms with Crippen molar-refractivity contribution < 1.29 is 9.90 Å². The van der Waals surface area contributed by atoms with Crippen molar-refractivity contribution in [3.8, 4) is 0 Å². The normalized spacial score (nSPS) is 31.1. The highest BCUT2D eigenvalue weighted by atomic mass is 16.4. The van der Waals surface area contributed by atoms with Crippen LogP contribution in [0.3, 0.4) is 0 Å². The molecule has 1 aliphatic heterocycles. The van der Waals surface area contributed by atoms with Crippen LogP contribution in [0, 0.1) is 5.92 Å². The first-order chi connectivity index (χ1) is 9.25. The van der Waals surface area contributed by atoms with Crippen molar-refractivity contribution >= 4 is 5.97 Å². The Balaban J connectivity index is 1.80. The fraction of sp³-hybridized carbons (Fsp3) is 0.600. The molecule has 1 aromatic rings. The van der Waals surface area contributed by atoms with Crippen molar-refractivity contribution in [2.45, 2.75) is 50.7 Å². The molecule has 0 amide bonds. The second-order valence-electron chi connectivity index (χ2n) is 5.70. The number of likely N-dealkylation sites (tertiary alicyclic amines) is 1. The van der Waals surface area contributed by atoms with Crippen molar-refractivity contribution in [2.75, 3.05) is 0 Å². The van der Waals surface area contributed by atoms with Gasteiger partial charge in [0.05, 0.1) is 5.69 Å². The van der Waals surface area contributed by atoms with E-state index in [1.807, 2.05) is 18.2 Å². The van der Waals surface area contributed by atoms with Gasteiger partial charge in [-0.1, -0.05) is 18.9 Å². The zero-order valence-electron chi connectivity index (χ0n) is 11.0. The lowest BCUT2D eigenvalue weighted by atomic mass is 9.85. The number of carbonyl (C=O) groups is 1. The number of carboxylic acids is 1. The van der Waals surface area contributed by atoms with Gasteiger partial charge in [0.1, 0.15) is 6.04 Å². The number of nitrogens with zero attached hydrogens (tertiary/aromatic N) is 2. The summed E-state index contributed by atoms with van der Waals surface area (Å²) in [7, 11) is 0. The maximum absolute atomic E-state index is 11.5. The number of rotatable bonds is 3. The number of aliphatic carboxylic acids is 1. The maximum Gasteiger partial charge on any atom is 0.320 e. The van der Waals surface area contributed by atoms with Crippen LogP contribution in [0.5, 0.6) is 0 Å². The van der Waals surface area contributed by atoms with Gasteiger partial charge in [0.15, 0.2) is 0 Å².